The molecule has 0 spiro atoms. The average molecular weight is 218 g/mol. The van der Waals surface area contributed by atoms with Crippen molar-refractivity contribution >= 4 is 17.3 Å². The van der Waals surface area contributed by atoms with E-state index in [-0.39, 0.29) is 0 Å². The first-order valence-electron chi connectivity index (χ1n) is 5.25. The molecule has 0 aromatic rings. The van der Waals surface area contributed by atoms with E-state index in [1.807, 2.05) is 6.92 Å². The van der Waals surface area contributed by atoms with Gasteiger partial charge in [0.2, 0.25) is 0 Å². The third-order valence-corrected chi connectivity index (χ3v) is 2.17. The zero-order chi connectivity index (χ0) is 11.0. The minimum atomic E-state index is 0.392. The fourth-order valence-corrected chi connectivity index (χ4v) is 1.52. The number of nitrogens with zero attached hydrogens (tertiary/aromatic N) is 1. The Hall–Kier alpha value is -0.350. The molecule has 0 aliphatic rings. The molecule has 0 aromatic heterocycles. The maximum atomic E-state index is 5.29. The average Bonchev–Trinajstić information content (AvgIpc) is 2.11. The normalized spacial score (nSPS) is 10.4. The summed E-state index contributed by atoms with van der Waals surface area (Å²) in [5, 5.41) is 4.04. The third kappa shape index (κ3) is 6.16. The molecule has 0 rings (SSSR count). The van der Waals surface area contributed by atoms with E-state index in [1.165, 1.54) is 0 Å². The van der Waals surface area contributed by atoms with Gasteiger partial charge in [0, 0.05) is 25.7 Å². The summed E-state index contributed by atoms with van der Waals surface area (Å²) < 4.78 is 5.29. The zero-order valence-electron chi connectivity index (χ0n) is 9.67. The van der Waals surface area contributed by atoms with Crippen molar-refractivity contribution in [3.05, 3.63) is 0 Å². The molecule has 0 amide bonds. The summed E-state index contributed by atoms with van der Waals surface area (Å²) in [4.78, 5) is 2.12. The van der Waals surface area contributed by atoms with Crippen LogP contribution in [-0.2, 0) is 4.74 Å². The predicted molar refractivity (Wildman–Crippen MR) is 64.6 cm³/mol. The molecular formula is C10H22N2OS. The Labute approximate surface area is 92.8 Å². The summed E-state index contributed by atoms with van der Waals surface area (Å²) in [5.41, 5.74) is 0. The van der Waals surface area contributed by atoms with Crippen molar-refractivity contribution in [3.63, 3.8) is 0 Å². The maximum Gasteiger partial charge on any atom is 0.169 e. The molecule has 0 atom stereocenters. The van der Waals surface area contributed by atoms with Gasteiger partial charge >= 0.3 is 0 Å². The quantitative estimate of drug-likeness (QED) is 0.541. The number of ether oxygens (including phenoxy) is 1. The van der Waals surface area contributed by atoms with E-state index in [0.29, 0.717) is 6.04 Å². The molecule has 0 aromatic carbocycles. The first-order chi connectivity index (χ1) is 6.61. The van der Waals surface area contributed by atoms with Crippen molar-refractivity contribution in [1.82, 2.24) is 10.2 Å². The van der Waals surface area contributed by atoms with E-state index >= 15 is 0 Å². The molecule has 84 valence electrons. The van der Waals surface area contributed by atoms with Gasteiger partial charge in [0.15, 0.2) is 5.11 Å². The SMILES string of the molecule is CCOCCN(CC)C(=S)NC(C)C. The minimum Gasteiger partial charge on any atom is -0.380 e. The van der Waals surface area contributed by atoms with Gasteiger partial charge in [0.05, 0.1) is 6.61 Å². The molecule has 0 fully saturated rings. The van der Waals surface area contributed by atoms with E-state index in [1.54, 1.807) is 0 Å². The Morgan fingerprint density at radius 2 is 2.07 bits per heavy atom. The number of rotatable bonds is 6. The van der Waals surface area contributed by atoms with Crippen LogP contribution in [0.5, 0.6) is 0 Å². The van der Waals surface area contributed by atoms with Gasteiger partial charge in [-0.05, 0) is 39.9 Å². The van der Waals surface area contributed by atoms with E-state index in [0.717, 1.165) is 31.4 Å². The van der Waals surface area contributed by atoms with Gasteiger partial charge < -0.3 is 15.0 Å². The van der Waals surface area contributed by atoms with Crippen molar-refractivity contribution in [2.24, 2.45) is 0 Å². The molecule has 0 bridgehead atoms. The fourth-order valence-electron chi connectivity index (χ4n) is 1.06. The molecule has 0 saturated heterocycles. The van der Waals surface area contributed by atoms with Gasteiger partial charge in [-0.3, -0.25) is 0 Å². The van der Waals surface area contributed by atoms with Crippen LogP contribution in [0.15, 0.2) is 0 Å². The Kier molecular flexibility index (Phi) is 7.80. The highest BCUT2D eigenvalue weighted by atomic mass is 32.1. The summed E-state index contributed by atoms with van der Waals surface area (Å²) in [6, 6.07) is 0.392. The molecule has 0 unspecified atom stereocenters. The summed E-state index contributed by atoms with van der Waals surface area (Å²) in [6.07, 6.45) is 0. The Morgan fingerprint density at radius 3 is 2.50 bits per heavy atom. The maximum absolute atomic E-state index is 5.29. The van der Waals surface area contributed by atoms with Crippen LogP contribution in [0.3, 0.4) is 0 Å². The van der Waals surface area contributed by atoms with Crippen LogP contribution >= 0.6 is 12.2 Å². The molecule has 0 radical (unpaired) electrons. The topological polar surface area (TPSA) is 24.5 Å². The van der Waals surface area contributed by atoms with Gasteiger partial charge in [-0.2, -0.15) is 0 Å². The second-order valence-electron chi connectivity index (χ2n) is 3.38. The second-order valence-corrected chi connectivity index (χ2v) is 3.77. The molecule has 3 nitrogen and oxygen atoms in total. The fraction of sp³-hybridized carbons (Fsp3) is 0.900. The van der Waals surface area contributed by atoms with Gasteiger partial charge in [-0.25, -0.2) is 0 Å². The summed E-state index contributed by atoms with van der Waals surface area (Å²) in [6.45, 7) is 11.6. The lowest BCUT2D eigenvalue weighted by Gasteiger charge is -2.25. The highest BCUT2D eigenvalue weighted by Gasteiger charge is 2.07. The number of nitrogens with one attached hydrogen (secondary N) is 1. The Balaban J connectivity index is 3.81. The molecular weight excluding hydrogens is 196 g/mol. The number of hydrogen-bond acceptors (Lipinski definition) is 2. The Morgan fingerprint density at radius 1 is 1.43 bits per heavy atom. The molecule has 0 aliphatic heterocycles. The van der Waals surface area contributed by atoms with Crippen LogP contribution in [0.25, 0.3) is 0 Å². The van der Waals surface area contributed by atoms with Gasteiger partial charge in [0.1, 0.15) is 0 Å². The molecule has 0 aliphatic carbocycles. The predicted octanol–water partition coefficient (Wildman–Crippen LogP) is 1.63. The Bertz CT molecular complexity index is 162. The van der Waals surface area contributed by atoms with Crippen LogP contribution in [0.2, 0.25) is 0 Å². The van der Waals surface area contributed by atoms with Gasteiger partial charge in [-0.15, -0.1) is 0 Å². The minimum absolute atomic E-state index is 0.392. The standard InChI is InChI=1S/C10H22N2OS/c1-5-12(7-8-13-6-2)10(14)11-9(3)4/h9H,5-8H2,1-4H3,(H,11,14). The lowest BCUT2D eigenvalue weighted by Crippen LogP contribution is -2.44. The first kappa shape index (κ1) is 13.7. The molecule has 4 heteroatoms. The molecule has 1 N–H and O–H groups in total. The van der Waals surface area contributed by atoms with E-state index in [4.69, 9.17) is 17.0 Å². The van der Waals surface area contributed by atoms with Gasteiger partial charge in [-0.1, -0.05) is 0 Å². The van der Waals surface area contributed by atoms with Crippen molar-refractivity contribution in [1.29, 1.82) is 0 Å². The van der Waals surface area contributed by atoms with Crippen molar-refractivity contribution in [3.8, 4) is 0 Å². The van der Waals surface area contributed by atoms with Crippen LogP contribution < -0.4 is 5.32 Å². The number of hydrogen-bond donors (Lipinski definition) is 1. The van der Waals surface area contributed by atoms with Crippen LogP contribution in [0.4, 0.5) is 0 Å². The summed E-state index contributed by atoms with van der Waals surface area (Å²) >= 11 is 5.26. The number of likely N-dealkylation sites (N-methyl/N-ethyl adjacent to an activating group) is 1. The van der Waals surface area contributed by atoms with Crippen LogP contribution in [0, 0.1) is 0 Å². The zero-order valence-corrected chi connectivity index (χ0v) is 10.5. The third-order valence-electron chi connectivity index (χ3n) is 1.79. The van der Waals surface area contributed by atoms with Crippen molar-refractivity contribution < 1.29 is 4.74 Å². The van der Waals surface area contributed by atoms with Crippen LogP contribution in [0.1, 0.15) is 27.7 Å². The van der Waals surface area contributed by atoms with Gasteiger partial charge in [0.25, 0.3) is 0 Å². The largest absolute Gasteiger partial charge is 0.380 e. The van der Waals surface area contributed by atoms with Crippen molar-refractivity contribution in [2.75, 3.05) is 26.3 Å². The van der Waals surface area contributed by atoms with E-state index < -0.39 is 0 Å². The lowest BCUT2D eigenvalue weighted by atomic mass is 10.4. The molecule has 0 saturated carbocycles. The van der Waals surface area contributed by atoms with E-state index in [2.05, 4.69) is 31.0 Å². The number of thiocarbonyl (C=S) groups is 1. The smallest absolute Gasteiger partial charge is 0.169 e. The monoisotopic (exact) mass is 218 g/mol. The second kappa shape index (κ2) is 8.00. The molecule has 14 heavy (non-hydrogen) atoms. The lowest BCUT2D eigenvalue weighted by molar-refractivity contribution is 0.133. The highest BCUT2D eigenvalue weighted by molar-refractivity contribution is 7.80. The van der Waals surface area contributed by atoms with E-state index in [9.17, 15) is 0 Å². The van der Waals surface area contributed by atoms with Crippen molar-refractivity contribution in [2.45, 2.75) is 33.7 Å². The molecule has 0 heterocycles. The van der Waals surface area contributed by atoms with Crippen LogP contribution in [-0.4, -0.2) is 42.4 Å². The summed E-state index contributed by atoms with van der Waals surface area (Å²) in [5.74, 6) is 0. The highest BCUT2D eigenvalue weighted by Crippen LogP contribution is 1.92. The summed E-state index contributed by atoms with van der Waals surface area (Å²) in [7, 11) is 0. The first-order valence-corrected chi connectivity index (χ1v) is 5.65.